The number of benzene rings is 3. The van der Waals surface area contributed by atoms with E-state index in [4.69, 9.17) is 21.4 Å². The summed E-state index contributed by atoms with van der Waals surface area (Å²) in [5.41, 5.74) is 2.35. The summed E-state index contributed by atoms with van der Waals surface area (Å²) in [4.78, 5) is 30.3. The SMILES string of the molecule is CN1C(=O)/C(=C/c2ccc(OCc3ccc(Br)cc3)c(Cl)c2)SC1=Nc1cccc(C(=O)O)c1. The number of aliphatic imine (C=N–C) groups is 1. The van der Waals surface area contributed by atoms with Crippen LogP contribution in [-0.4, -0.2) is 34.1 Å². The third-order valence-electron chi connectivity index (χ3n) is 4.88. The average molecular weight is 558 g/mol. The first kappa shape index (κ1) is 24.1. The van der Waals surface area contributed by atoms with Gasteiger partial charge in [-0.2, -0.15) is 0 Å². The summed E-state index contributed by atoms with van der Waals surface area (Å²) in [7, 11) is 1.63. The van der Waals surface area contributed by atoms with Crippen LogP contribution in [-0.2, 0) is 11.4 Å². The van der Waals surface area contributed by atoms with Crippen LogP contribution in [0.25, 0.3) is 6.08 Å². The molecule has 172 valence electrons. The van der Waals surface area contributed by atoms with Gasteiger partial charge in [0.1, 0.15) is 12.4 Å². The number of carbonyl (C=O) groups is 2. The number of hydrogen-bond donors (Lipinski definition) is 1. The number of carboxylic acid groups (broad SMARTS) is 1. The molecule has 0 atom stereocenters. The summed E-state index contributed by atoms with van der Waals surface area (Å²) >= 11 is 11.0. The number of thioether (sulfide) groups is 1. The fourth-order valence-electron chi connectivity index (χ4n) is 3.09. The smallest absolute Gasteiger partial charge is 0.335 e. The average Bonchev–Trinajstić information content (AvgIpc) is 3.07. The molecule has 3 aromatic carbocycles. The maximum atomic E-state index is 12.7. The van der Waals surface area contributed by atoms with E-state index < -0.39 is 5.97 Å². The Kier molecular flexibility index (Phi) is 7.41. The lowest BCUT2D eigenvalue weighted by atomic mass is 10.2. The summed E-state index contributed by atoms with van der Waals surface area (Å²) in [6.07, 6.45) is 1.74. The number of carbonyl (C=O) groups excluding carboxylic acids is 1. The van der Waals surface area contributed by atoms with Crippen LogP contribution in [0.3, 0.4) is 0 Å². The highest BCUT2D eigenvalue weighted by atomic mass is 79.9. The van der Waals surface area contributed by atoms with Gasteiger partial charge in [0, 0.05) is 11.5 Å². The van der Waals surface area contributed by atoms with E-state index >= 15 is 0 Å². The van der Waals surface area contributed by atoms with Crippen LogP contribution >= 0.6 is 39.3 Å². The highest BCUT2D eigenvalue weighted by Gasteiger charge is 2.30. The summed E-state index contributed by atoms with van der Waals surface area (Å²) in [5, 5.41) is 10.1. The first-order valence-electron chi connectivity index (χ1n) is 10.1. The first-order valence-corrected chi connectivity index (χ1v) is 12.1. The molecule has 1 fully saturated rings. The van der Waals surface area contributed by atoms with Crippen molar-refractivity contribution in [3.63, 3.8) is 0 Å². The number of amidine groups is 1. The molecule has 0 bridgehead atoms. The number of likely N-dealkylation sites (N-methyl/N-ethyl adjacent to an activating group) is 1. The van der Waals surface area contributed by atoms with E-state index in [1.165, 1.54) is 28.8 Å². The van der Waals surface area contributed by atoms with E-state index in [9.17, 15) is 9.59 Å². The molecular formula is C25H18BrClN2O4S. The minimum Gasteiger partial charge on any atom is -0.487 e. The molecule has 0 radical (unpaired) electrons. The van der Waals surface area contributed by atoms with E-state index in [2.05, 4.69) is 20.9 Å². The Balaban J connectivity index is 1.49. The molecular weight excluding hydrogens is 540 g/mol. The van der Waals surface area contributed by atoms with Crippen molar-refractivity contribution in [2.24, 2.45) is 4.99 Å². The van der Waals surface area contributed by atoms with Crippen LogP contribution in [0.4, 0.5) is 5.69 Å². The van der Waals surface area contributed by atoms with Crippen molar-refractivity contribution in [2.75, 3.05) is 7.05 Å². The highest BCUT2D eigenvalue weighted by molar-refractivity contribution is 9.10. The van der Waals surface area contributed by atoms with Crippen LogP contribution in [0.2, 0.25) is 5.02 Å². The van der Waals surface area contributed by atoms with Crippen LogP contribution < -0.4 is 4.74 Å². The van der Waals surface area contributed by atoms with E-state index in [1.807, 2.05) is 30.3 Å². The lowest BCUT2D eigenvalue weighted by Gasteiger charge is -2.09. The standard InChI is InChI=1S/C25H18BrClN2O4S/c1-29-23(30)22(34-25(29)28-19-4-2-3-17(13-19)24(31)32)12-16-7-10-21(20(27)11-16)33-14-15-5-8-18(26)9-6-15/h2-13H,14H2,1H3,(H,31,32)/b22-12-,28-25?. The maximum absolute atomic E-state index is 12.7. The van der Waals surface area contributed by atoms with Crippen molar-refractivity contribution >= 4 is 68.1 Å². The number of hydrogen-bond acceptors (Lipinski definition) is 5. The second kappa shape index (κ2) is 10.5. The fraction of sp³-hybridized carbons (Fsp3) is 0.0800. The van der Waals surface area contributed by atoms with Crippen molar-refractivity contribution in [3.05, 3.63) is 97.8 Å². The van der Waals surface area contributed by atoms with Crippen molar-refractivity contribution in [2.45, 2.75) is 6.61 Å². The number of ether oxygens (including phenoxy) is 1. The first-order chi connectivity index (χ1) is 16.3. The van der Waals surface area contributed by atoms with Gasteiger partial charge in [-0.05, 0) is 71.4 Å². The van der Waals surface area contributed by atoms with Gasteiger partial charge in [-0.25, -0.2) is 9.79 Å². The van der Waals surface area contributed by atoms with Crippen molar-refractivity contribution in [1.29, 1.82) is 0 Å². The molecule has 0 unspecified atom stereocenters. The Morgan fingerprint density at radius 1 is 1.18 bits per heavy atom. The van der Waals surface area contributed by atoms with Gasteiger partial charge >= 0.3 is 5.97 Å². The zero-order valence-electron chi connectivity index (χ0n) is 17.9. The Morgan fingerprint density at radius 2 is 1.94 bits per heavy atom. The highest BCUT2D eigenvalue weighted by Crippen LogP contribution is 2.34. The van der Waals surface area contributed by atoms with Gasteiger partial charge in [-0.1, -0.05) is 51.8 Å². The third kappa shape index (κ3) is 5.70. The molecule has 34 heavy (non-hydrogen) atoms. The van der Waals surface area contributed by atoms with Crippen molar-refractivity contribution < 1.29 is 19.4 Å². The second-order valence-electron chi connectivity index (χ2n) is 7.33. The largest absolute Gasteiger partial charge is 0.487 e. The molecule has 0 aliphatic carbocycles. The number of rotatable bonds is 6. The van der Waals surface area contributed by atoms with Gasteiger partial charge in [0.2, 0.25) is 0 Å². The van der Waals surface area contributed by atoms with Gasteiger partial charge in [-0.3, -0.25) is 9.69 Å². The summed E-state index contributed by atoms with van der Waals surface area (Å²) in [6, 6.07) is 19.4. The molecule has 1 N–H and O–H groups in total. The molecule has 1 aliphatic rings. The molecule has 4 rings (SSSR count). The third-order valence-corrected chi connectivity index (χ3v) is 6.77. The van der Waals surface area contributed by atoms with Gasteiger partial charge in [-0.15, -0.1) is 0 Å². The predicted octanol–water partition coefficient (Wildman–Crippen LogP) is 6.61. The van der Waals surface area contributed by atoms with E-state index in [0.717, 1.165) is 15.6 Å². The number of halogens is 2. The molecule has 0 saturated carbocycles. The van der Waals surface area contributed by atoms with Crippen molar-refractivity contribution in [3.8, 4) is 5.75 Å². The summed E-state index contributed by atoms with van der Waals surface area (Å²) in [6.45, 7) is 0.384. The molecule has 1 amide bonds. The molecule has 1 aliphatic heterocycles. The second-order valence-corrected chi connectivity index (χ2v) is 9.66. The van der Waals surface area contributed by atoms with Crippen molar-refractivity contribution in [1.82, 2.24) is 4.90 Å². The Hall–Kier alpha value is -3.07. The van der Waals surface area contributed by atoms with E-state index in [-0.39, 0.29) is 11.5 Å². The Labute approximate surface area is 214 Å². The zero-order valence-corrected chi connectivity index (χ0v) is 21.0. The molecule has 0 aromatic heterocycles. The van der Waals surface area contributed by atoms with Gasteiger partial charge in [0.25, 0.3) is 5.91 Å². The topological polar surface area (TPSA) is 79.2 Å². The summed E-state index contributed by atoms with van der Waals surface area (Å²) in [5.74, 6) is -0.688. The number of nitrogens with zero attached hydrogens (tertiary/aromatic N) is 2. The fourth-order valence-corrected chi connectivity index (χ4v) is 4.58. The Morgan fingerprint density at radius 3 is 2.65 bits per heavy atom. The number of carboxylic acids is 1. The quantitative estimate of drug-likeness (QED) is 0.345. The molecule has 3 aromatic rings. The molecule has 1 heterocycles. The maximum Gasteiger partial charge on any atom is 0.335 e. The normalized spacial score (nSPS) is 15.9. The number of amides is 1. The van der Waals surface area contributed by atoms with Crippen LogP contribution in [0.1, 0.15) is 21.5 Å². The predicted molar refractivity (Wildman–Crippen MR) is 139 cm³/mol. The molecule has 9 heteroatoms. The summed E-state index contributed by atoms with van der Waals surface area (Å²) < 4.78 is 6.83. The molecule has 0 spiro atoms. The zero-order chi connectivity index (χ0) is 24.2. The van der Waals surface area contributed by atoms with Gasteiger partial charge < -0.3 is 9.84 Å². The molecule has 6 nitrogen and oxygen atoms in total. The monoisotopic (exact) mass is 556 g/mol. The van der Waals surface area contributed by atoms with Crippen LogP contribution in [0, 0.1) is 0 Å². The van der Waals surface area contributed by atoms with E-state index in [1.54, 1.807) is 37.4 Å². The van der Waals surface area contributed by atoms with Gasteiger partial charge in [0.05, 0.1) is 21.2 Å². The number of aromatic carboxylic acids is 1. The molecule has 1 saturated heterocycles. The lowest BCUT2D eigenvalue weighted by Crippen LogP contribution is -2.23. The van der Waals surface area contributed by atoms with Crippen LogP contribution in [0.15, 0.2) is 81.1 Å². The Bertz CT molecular complexity index is 1320. The van der Waals surface area contributed by atoms with Gasteiger partial charge in [0.15, 0.2) is 5.17 Å². The minimum absolute atomic E-state index is 0.131. The minimum atomic E-state index is -1.03. The lowest BCUT2D eigenvalue weighted by molar-refractivity contribution is -0.121. The van der Waals surface area contributed by atoms with Crippen LogP contribution in [0.5, 0.6) is 5.75 Å². The van der Waals surface area contributed by atoms with E-state index in [0.29, 0.717) is 33.1 Å².